The second-order valence-corrected chi connectivity index (χ2v) is 7.53. The number of anilines is 1. The summed E-state index contributed by atoms with van der Waals surface area (Å²) >= 11 is 1.18. The zero-order valence-electron chi connectivity index (χ0n) is 15.3. The molecule has 3 aromatic rings. The molecule has 0 aliphatic carbocycles. The minimum atomic E-state index is -0.219. The predicted molar refractivity (Wildman–Crippen MR) is 110 cm³/mol. The summed E-state index contributed by atoms with van der Waals surface area (Å²) in [5.74, 6) is -0.113. The number of pyridine rings is 1. The molecule has 3 rings (SSSR count). The van der Waals surface area contributed by atoms with Crippen LogP contribution < -0.4 is 5.73 Å². The third kappa shape index (κ3) is 4.23. The van der Waals surface area contributed by atoms with Crippen molar-refractivity contribution in [1.29, 1.82) is 0 Å². The van der Waals surface area contributed by atoms with Crippen molar-refractivity contribution in [3.63, 3.8) is 0 Å². The van der Waals surface area contributed by atoms with Gasteiger partial charge in [-0.3, -0.25) is 9.59 Å². The number of amides is 1. The number of rotatable bonds is 6. The SMILES string of the molecule is CC(C)N(Cc1ccccc1)C(=O)c1ccc(C(=O)c2cccnc2N)s1.[HH]. The number of nitrogens with zero attached hydrogens (tertiary/aromatic N) is 2. The molecular weight excluding hydrogens is 358 g/mol. The molecule has 0 radical (unpaired) electrons. The van der Waals surface area contributed by atoms with E-state index in [4.69, 9.17) is 5.73 Å². The first-order chi connectivity index (χ1) is 13.0. The number of hydrogen-bond donors (Lipinski definition) is 1. The van der Waals surface area contributed by atoms with Crippen molar-refractivity contribution >= 4 is 28.8 Å². The third-order valence-electron chi connectivity index (χ3n) is 4.20. The molecule has 140 valence electrons. The first kappa shape index (κ1) is 18.8. The zero-order valence-corrected chi connectivity index (χ0v) is 16.1. The van der Waals surface area contributed by atoms with Crippen LogP contribution in [0.3, 0.4) is 0 Å². The summed E-state index contributed by atoms with van der Waals surface area (Å²) < 4.78 is 0. The molecule has 5 nitrogen and oxygen atoms in total. The van der Waals surface area contributed by atoms with E-state index in [0.29, 0.717) is 21.9 Å². The van der Waals surface area contributed by atoms with Crippen molar-refractivity contribution in [2.75, 3.05) is 5.73 Å². The van der Waals surface area contributed by atoms with E-state index in [2.05, 4.69) is 4.98 Å². The molecule has 0 aliphatic heterocycles. The lowest BCUT2D eigenvalue weighted by atomic mass is 10.1. The van der Waals surface area contributed by atoms with Gasteiger partial charge in [0.05, 0.1) is 15.3 Å². The van der Waals surface area contributed by atoms with E-state index in [-0.39, 0.29) is 25.0 Å². The molecule has 1 aromatic carbocycles. The quantitative estimate of drug-likeness (QED) is 0.648. The van der Waals surface area contributed by atoms with E-state index in [1.54, 1.807) is 35.4 Å². The summed E-state index contributed by atoms with van der Waals surface area (Å²) in [6.45, 7) is 4.49. The maximum atomic E-state index is 13.0. The maximum absolute atomic E-state index is 13.0. The van der Waals surface area contributed by atoms with Gasteiger partial charge in [0, 0.05) is 20.2 Å². The molecule has 0 atom stereocenters. The van der Waals surface area contributed by atoms with Crippen LogP contribution >= 0.6 is 11.3 Å². The Morgan fingerprint density at radius 1 is 1.07 bits per heavy atom. The standard InChI is InChI=1S/C21H21N3O2S.H2/c1-14(2)24(13-15-7-4-3-5-8-15)21(26)18-11-10-17(27-18)19(25)16-9-6-12-23-20(16)22;/h3-12,14H,13H2,1-2H3,(H2,22,23);1H. The number of aromatic nitrogens is 1. The van der Waals surface area contributed by atoms with E-state index in [1.807, 2.05) is 44.2 Å². The summed E-state index contributed by atoms with van der Waals surface area (Å²) in [6.07, 6.45) is 1.54. The van der Waals surface area contributed by atoms with Gasteiger partial charge in [-0.15, -0.1) is 11.3 Å². The monoisotopic (exact) mass is 381 g/mol. The van der Waals surface area contributed by atoms with Gasteiger partial charge in [0.15, 0.2) is 0 Å². The average Bonchev–Trinajstić information content (AvgIpc) is 3.16. The zero-order chi connectivity index (χ0) is 19.4. The molecular formula is C21H23N3O2S. The number of carbonyl (C=O) groups excluding carboxylic acids is 2. The van der Waals surface area contributed by atoms with Crippen LogP contribution in [0.25, 0.3) is 0 Å². The number of nitrogens with two attached hydrogens (primary N) is 1. The molecule has 0 aliphatic rings. The fraction of sp³-hybridized carbons (Fsp3) is 0.190. The van der Waals surface area contributed by atoms with Gasteiger partial charge in [-0.2, -0.15) is 0 Å². The maximum Gasteiger partial charge on any atom is 0.264 e. The predicted octanol–water partition coefficient (Wildman–Crippen LogP) is 4.25. The number of thiophene rings is 1. The number of benzene rings is 1. The Bertz CT molecular complexity index is 957. The van der Waals surface area contributed by atoms with Gasteiger partial charge in [0.1, 0.15) is 5.82 Å². The molecule has 0 bridgehead atoms. The van der Waals surface area contributed by atoms with Crippen molar-refractivity contribution in [2.24, 2.45) is 0 Å². The average molecular weight is 382 g/mol. The van der Waals surface area contributed by atoms with Crippen LogP contribution in [-0.2, 0) is 6.54 Å². The number of ketones is 1. The molecule has 6 heteroatoms. The molecule has 1 amide bonds. The van der Waals surface area contributed by atoms with Crippen molar-refractivity contribution in [1.82, 2.24) is 9.88 Å². The summed E-state index contributed by atoms with van der Waals surface area (Å²) in [6, 6.07) is 16.6. The molecule has 0 spiro atoms. The minimum Gasteiger partial charge on any atom is -0.383 e. The van der Waals surface area contributed by atoms with Gasteiger partial charge in [-0.25, -0.2) is 4.98 Å². The van der Waals surface area contributed by atoms with Crippen LogP contribution in [0.2, 0.25) is 0 Å². The fourth-order valence-corrected chi connectivity index (χ4v) is 3.64. The molecule has 0 unspecified atom stereocenters. The first-order valence-corrected chi connectivity index (χ1v) is 9.49. The molecule has 0 saturated heterocycles. The lowest BCUT2D eigenvalue weighted by Crippen LogP contribution is -2.35. The van der Waals surface area contributed by atoms with Crippen LogP contribution in [0.4, 0.5) is 5.82 Å². The van der Waals surface area contributed by atoms with Gasteiger partial charge in [0.25, 0.3) is 5.91 Å². The van der Waals surface area contributed by atoms with E-state index >= 15 is 0 Å². The highest BCUT2D eigenvalue weighted by Gasteiger charge is 2.23. The van der Waals surface area contributed by atoms with Gasteiger partial charge < -0.3 is 10.6 Å². The highest BCUT2D eigenvalue weighted by Crippen LogP contribution is 2.24. The number of carbonyl (C=O) groups is 2. The van der Waals surface area contributed by atoms with Crippen LogP contribution in [0.15, 0.2) is 60.8 Å². The molecule has 2 aromatic heterocycles. The van der Waals surface area contributed by atoms with Crippen molar-refractivity contribution < 1.29 is 11.0 Å². The van der Waals surface area contributed by atoms with Gasteiger partial charge in [-0.05, 0) is 43.7 Å². The van der Waals surface area contributed by atoms with E-state index < -0.39 is 0 Å². The Kier molecular flexibility index (Phi) is 5.66. The smallest absolute Gasteiger partial charge is 0.264 e. The van der Waals surface area contributed by atoms with Gasteiger partial charge >= 0.3 is 0 Å². The molecule has 0 saturated carbocycles. The number of nitrogen functional groups attached to an aromatic ring is 1. The Hall–Kier alpha value is -2.99. The van der Waals surface area contributed by atoms with Gasteiger partial charge in [-0.1, -0.05) is 30.3 Å². The Labute approximate surface area is 164 Å². The van der Waals surface area contributed by atoms with Crippen LogP contribution in [0, 0.1) is 0 Å². The van der Waals surface area contributed by atoms with E-state index in [0.717, 1.165) is 5.56 Å². The van der Waals surface area contributed by atoms with Crippen molar-refractivity contribution in [3.8, 4) is 0 Å². The molecule has 27 heavy (non-hydrogen) atoms. The lowest BCUT2D eigenvalue weighted by molar-refractivity contribution is 0.0695. The second-order valence-electron chi connectivity index (χ2n) is 6.44. The first-order valence-electron chi connectivity index (χ1n) is 8.67. The summed E-state index contributed by atoms with van der Waals surface area (Å²) in [4.78, 5) is 32.4. The van der Waals surface area contributed by atoms with E-state index in [1.165, 1.54) is 11.3 Å². The van der Waals surface area contributed by atoms with Crippen LogP contribution in [0.1, 0.15) is 45.7 Å². The normalized spacial score (nSPS) is 10.8. The molecule has 0 fully saturated rings. The highest BCUT2D eigenvalue weighted by molar-refractivity contribution is 7.16. The summed E-state index contributed by atoms with van der Waals surface area (Å²) in [5.41, 5.74) is 7.21. The second kappa shape index (κ2) is 8.14. The molecule has 2 heterocycles. The van der Waals surface area contributed by atoms with E-state index in [9.17, 15) is 9.59 Å². The van der Waals surface area contributed by atoms with Crippen LogP contribution in [0.5, 0.6) is 0 Å². The minimum absolute atomic E-state index is 0. The Morgan fingerprint density at radius 2 is 1.78 bits per heavy atom. The fourth-order valence-electron chi connectivity index (χ4n) is 2.73. The summed E-state index contributed by atoms with van der Waals surface area (Å²) in [5, 5.41) is 0. The largest absolute Gasteiger partial charge is 0.383 e. The third-order valence-corrected chi connectivity index (χ3v) is 5.28. The topological polar surface area (TPSA) is 76.3 Å². The summed E-state index contributed by atoms with van der Waals surface area (Å²) in [7, 11) is 0. The van der Waals surface area contributed by atoms with Crippen molar-refractivity contribution in [2.45, 2.75) is 26.4 Å². The number of hydrogen-bond acceptors (Lipinski definition) is 5. The molecule has 2 N–H and O–H groups in total. The van der Waals surface area contributed by atoms with Crippen molar-refractivity contribution in [3.05, 3.63) is 81.7 Å². The Balaban J connectivity index is 0.00000280. The lowest BCUT2D eigenvalue weighted by Gasteiger charge is -2.26. The van der Waals surface area contributed by atoms with Crippen LogP contribution in [-0.4, -0.2) is 27.6 Å². The van der Waals surface area contributed by atoms with Gasteiger partial charge in [0.2, 0.25) is 5.78 Å². The highest BCUT2D eigenvalue weighted by atomic mass is 32.1. The Morgan fingerprint density at radius 3 is 2.44 bits per heavy atom.